The lowest BCUT2D eigenvalue weighted by atomic mass is 9.80. The van der Waals surface area contributed by atoms with Crippen LogP contribution in [0.2, 0.25) is 0 Å². The lowest BCUT2D eigenvalue weighted by Gasteiger charge is -2.39. The van der Waals surface area contributed by atoms with E-state index in [-0.39, 0.29) is 12.1 Å². The fourth-order valence-electron chi connectivity index (χ4n) is 2.39. The van der Waals surface area contributed by atoms with Gasteiger partial charge in [0.1, 0.15) is 0 Å². The van der Waals surface area contributed by atoms with E-state index in [1.807, 2.05) is 0 Å². The molecule has 0 unspecified atom stereocenters. The van der Waals surface area contributed by atoms with Crippen molar-refractivity contribution in [1.82, 2.24) is 5.32 Å². The summed E-state index contributed by atoms with van der Waals surface area (Å²) in [6.07, 6.45) is 7.26. The highest BCUT2D eigenvalue weighted by atomic mass is 16.5. The summed E-state index contributed by atoms with van der Waals surface area (Å²) in [4.78, 5) is 0. The molecule has 3 heteroatoms. The molecule has 2 fully saturated rings. The Bertz CT molecular complexity index is 184. The van der Waals surface area contributed by atoms with Gasteiger partial charge in [-0.1, -0.05) is 0 Å². The standard InChI is InChI=1S/C11H21NO2/c1-14-10-4-6-11(8-13,7-5-10)12-9-2-3-9/h9-10,12-13H,2-8H2,1H3. The molecule has 2 aliphatic rings. The largest absolute Gasteiger partial charge is 0.394 e. The van der Waals surface area contributed by atoms with Crippen LogP contribution >= 0.6 is 0 Å². The van der Waals surface area contributed by atoms with Gasteiger partial charge in [0.2, 0.25) is 0 Å². The fraction of sp³-hybridized carbons (Fsp3) is 1.00. The monoisotopic (exact) mass is 199 g/mol. The van der Waals surface area contributed by atoms with Gasteiger partial charge in [0, 0.05) is 18.7 Å². The molecule has 2 saturated carbocycles. The quantitative estimate of drug-likeness (QED) is 0.711. The number of hydrogen-bond donors (Lipinski definition) is 2. The minimum absolute atomic E-state index is 0.0101. The average Bonchev–Trinajstić information content (AvgIpc) is 3.03. The molecule has 0 aliphatic heterocycles. The summed E-state index contributed by atoms with van der Waals surface area (Å²) in [6.45, 7) is 0.278. The van der Waals surface area contributed by atoms with Gasteiger partial charge in [0.05, 0.1) is 12.7 Å². The molecule has 0 spiro atoms. The van der Waals surface area contributed by atoms with Gasteiger partial charge in [-0.15, -0.1) is 0 Å². The van der Waals surface area contributed by atoms with Crippen molar-refractivity contribution in [2.45, 2.75) is 56.2 Å². The van der Waals surface area contributed by atoms with Crippen LogP contribution in [-0.2, 0) is 4.74 Å². The molecular formula is C11H21NO2. The molecular weight excluding hydrogens is 178 g/mol. The molecule has 2 aliphatic carbocycles. The third kappa shape index (κ3) is 2.27. The number of nitrogens with one attached hydrogen (secondary N) is 1. The zero-order valence-electron chi connectivity index (χ0n) is 8.96. The summed E-state index contributed by atoms with van der Waals surface area (Å²) in [5.41, 5.74) is 0.0101. The number of ether oxygens (including phenoxy) is 1. The van der Waals surface area contributed by atoms with E-state index in [1.54, 1.807) is 7.11 Å². The van der Waals surface area contributed by atoms with Gasteiger partial charge in [0.25, 0.3) is 0 Å². The SMILES string of the molecule is COC1CCC(CO)(NC2CC2)CC1. The van der Waals surface area contributed by atoms with E-state index in [2.05, 4.69) is 5.32 Å². The number of hydrogen-bond acceptors (Lipinski definition) is 3. The van der Waals surface area contributed by atoms with Crippen molar-refractivity contribution >= 4 is 0 Å². The van der Waals surface area contributed by atoms with E-state index < -0.39 is 0 Å². The van der Waals surface area contributed by atoms with E-state index in [9.17, 15) is 5.11 Å². The first-order valence-corrected chi connectivity index (χ1v) is 5.69. The van der Waals surface area contributed by atoms with E-state index in [0.29, 0.717) is 12.1 Å². The van der Waals surface area contributed by atoms with Gasteiger partial charge in [-0.25, -0.2) is 0 Å². The molecule has 82 valence electrons. The topological polar surface area (TPSA) is 41.5 Å². The highest BCUT2D eigenvalue weighted by Crippen LogP contribution is 2.33. The number of methoxy groups -OCH3 is 1. The maximum atomic E-state index is 9.47. The first-order chi connectivity index (χ1) is 6.78. The van der Waals surface area contributed by atoms with Crippen LogP contribution in [0, 0.1) is 0 Å². The second-order valence-corrected chi connectivity index (χ2v) is 4.79. The van der Waals surface area contributed by atoms with Gasteiger partial charge in [-0.2, -0.15) is 0 Å². The third-order valence-corrected chi connectivity index (χ3v) is 3.61. The van der Waals surface area contributed by atoms with E-state index in [4.69, 9.17) is 4.74 Å². The van der Waals surface area contributed by atoms with Crippen LogP contribution < -0.4 is 5.32 Å². The summed E-state index contributed by atoms with van der Waals surface area (Å²) in [5.74, 6) is 0. The lowest BCUT2D eigenvalue weighted by Crippen LogP contribution is -2.52. The number of aliphatic hydroxyl groups is 1. The predicted octanol–water partition coefficient (Wildman–Crippen LogP) is 1.06. The highest BCUT2D eigenvalue weighted by Gasteiger charge is 2.38. The summed E-state index contributed by atoms with van der Waals surface area (Å²) in [7, 11) is 1.78. The zero-order chi connectivity index (χ0) is 10.0. The van der Waals surface area contributed by atoms with Crippen molar-refractivity contribution < 1.29 is 9.84 Å². The molecule has 3 nitrogen and oxygen atoms in total. The Morgan fingerprint density at radius 1 is 1.29 bits per heavy atom. The van der Waals surface area contributed by atoms with Gasteiger partial charge >= 0.3 is 0 Å². The van der Waals surface area contributed by atoms with Crippen LogP contribution in [-0.4, -0.2) is 36.5 Å². The molecule has 2 N–H and O–H groups in total. The lowest BCUT2D eigenvalue weighted by molar-refractivity contribution is 0.0225. The normalized spacial score (nSPS) is 38.6. The molecule has 0 aromatic rings. The molecule has 0 aromatic heterocycles. The Hall–Kier alpha value is -0.120. The van der Waals surface area contributed by atoms with Crippen molar-refractivity contribution in [1.29, 1.82) is 0 Å². The molecule has 14 heavy (non-hydrogen) atoms. The molecule has 2 rings (SSSR count). The van der Waals surface area contributed by atoms with Crippen molar-refractivity contribution in [3.8, 4) is 0 Å². The summed E-state index contributed by atoms with van der Waals surface area (Å²) >= 11 is 0. The van der Waals surface area contributed by atoms with Crippen molar-refractivity contribution in [3.63, 3.8) is 0 Å². The van der Waals surface area contributed by atoms with Gasteiger partial charge in [-0.3, -0.25) is 0 Å². The average molecular weight is 199 g/mol. The minimum atomic E-state index is 0.0101. The minimum Gasteiger partial charge on any atom is -0.394 e. The predicted molar refractivity (Wildman–Crippen MR) is 55.2 cm³/mol. The first kappa shape index (κ1) is 10.4. The van der Waals surface area contributed by atoms with Crippen LogP contribution in [0.3, 0.4) is 0 Å². The fourth-order valence-corrected chi connectivity index (χ4v) is 2.39. The Balaban J connectivity index is 1.86. The van der Waals surface area contributed by atoms with Crippen LogP contribution in [0.1, 0.15) is 38.5 Å². The van der Waals surface area contributed by atoms with Crippen molar-refractivity contribution in [3.05, 3.63) is 0 Å². The van der Waals surface area contributed by atoms with Gasteiger partial charge in [-0.05, 0) is 38.5 Å². The second kappa shape index (κ2) is 4.17. The van der Waals surface area contributed by atoms with Crippen LogP contribution in [0.15, 0.2) is 0 Å². The third-order valence-electron chi connectivity index (χ3n) is 3.61. The highest BCUT2D eigenvalue weighted by molar-refractivity contribution is 4.98. The maximum Gasteiger partial charge on any atom is 0.0613 e. The van der Waals surface area contributed by atoms with Crippen molar-refractivity contribution in [2.24, 2.45) is 0 Å². The van der Waals surface area contributed by atoms with E-state index in [1.165, 1.54) is 12.8 Å². The number of aliphatic hydroxyl groups excluding tert-OH is 1. The number of rotatable bonds is 4. The second-order valence-electron chi connectivity index (χ2n) is 4.79. The smallest absolute Gasteiger partial charge is 0.0613 e. The molecule has 0 saturated heterocycles. The Kier molecular flexibility index (Phi) is 3.10. The molecule has 0 radical (unpaired) electrons. The molecule has 0 atom stereocenters. The Morgan fingerprint density at radius 2 is 1.93 bits per heavy atom. The first-order valence-electron chi connectivity index (χ1n) is 5.69. The molecule has 0 amide bonds. The van der Waals surface area contributed by atoms with Gasteiger partial charge in [0.15, 0.2) is 0 Å². The van der Waals surface area contributed by atoms with Gasteiger partial charge < -0.3 is 15.2 Å². The maximum absolute atomic E-state index is 9.47. The van der Waals surface area contributed by atoms with Crippen LogP contribution in [0.5, 0.6) is 0 Å². The van der Waals surface area contributed by atoms with Crippen LogP contribution in [0.4, 0.5) is 0 Å². The summed E-state index contributed by atoms with van der Waals surface area (Å²) in [6, 6.07) is 0.682. The van der Waals surface area contributed by atoms with Crippen molar-refractivity contribution in [2.75, 3.05) is 13.7 Å². The van der Waals surface area contributed by atoms with E-state index >= 15 is 0 Å². The Morgan fingerprint density at radius 3 is 2.36 bits per heavy atom. The summed E-state index contributed by atoms with van der Waals surface area (Å²) < 4.78 is 5.34. The van der Waals surface area contributed by atoms with Crippen LogP contribution in [0.25, 0.3) is 0 Å². The Labute approximate surface area is 85.8 Å². The zero-order valence-corrected chi connectivity index (χ0v) is 8.96. The molecule has 0 heterocycles. The van der Waals surface area contributed by atoms with E-state index in [0.717, 1.165) is 25.7 Å². The molecule has 0 bridgehead atoms. The molecule has 0 aromatic carbocycles. The summed E-state index contributed by atoms with van der Waals surface area (Å²) in [5, 5.41) is 13.1.